The molecule has 4 nitrogen and oxygen atoms in total. The Bertz CT molecular complexity index is 807. The summed E-state index contributed by atoms with van der Waals surface area (Å²) in [6, 6.07) is 12.5. The monoisotopic (exact) mass is 438 g/mol. The maximum absolute atomic E-state index is 13.0. The molecule has 0 aliphatic heterocycles. The summed E-state index contributed by atoms with van der Waals surface area (Å²) in [5, 5.41) is 3.71. The number of amides is 2. The minimum absolute atomic E-state index is 0.152. The van der Waals surface area contributed by atoms with Gasteiger partial charge in [0, 0.05) is 33.6 Å². The van der Waals surface area contributed by atoms with Gasteiger partial charge in [-0.15, -0.1) is 11.8 Å². The summed E-state index contributed by atoms with van der Waals surface area (Å²) in [5.74, 6) is -0.144. The Balaban J connectivity index is 2.20. The fourth-order valence-corrected chi connectivity index (χ4v) is 3.92. The van der Waals surface area contributed by atoms with Crippen molar-refractivity contribution in [2.24, 2.45) is 0 Å². The first kappa shape index (κ1) is 22.6. The van der Waals surface area contributed by atoms with Crippen molar-refractivity contribution in [1.82, 2.24) is 10.2 Å². The van der Waals surface area contributed by atoms with Gasteiger partial charge in [-0.05, 0) is 45.0 Å². The van der Waals surface area contributed by atoms with Crippen LogP contribution in [0.2, 0.25) is 10.0 Å². The Morgan fingerprint density at radius 1 is 1.11 bits per heavy atom. The molecular formula is C21H24Cl2N2O2S. The molecule has 1 N–H and O–H groups in total. The number of rotatable bonds is 8. The average Bonchev–Trinajstić information content (AvgIpc) is 2.67. The second-order valence-electron chi connectivity index (χ2n) is 6.39. The average molecular weight is 439 g/mol. The number of carbonyl (C=O) groups excluding carboxylic acids is 2. The largest absolute Gasteiger partial charge is 0.355 e. The van der Waals surface area contributed by atoms with Crippen molar-refractivity contribution in [1.29, 1.82) is 0 Å². The van der Waals surface area contributed by atoms with Gasteiger partial charge in [0.15, 0.2) is 0 Å². The van der Waals surface area contributed by atoms with Crippen LogP contribution in [0.3, 0.4) is 0 Å². The molecule has 0 heterocycles. The molecule has 1 unspecified atom stereocenters. The van der Waals surface area contributed by atoms with Crippen molar-refractivity contribution in [3.05, 3.63) is 63.6 Å². The van der Waals surface area contributed by atoms with Gasteiger partial charge in [0.2, 0.25) is 11.8 Å². The highest BCUT2D eigenvalue weighted by atomic mass is 35.5. The van der Waals surface area contributed by atoms with Crippen LogP contribution in [0.15, 0.2) is 47.4 Å². The lowest BCUT2D eigenvalue weighted by molar-refractivity contribution is -0.138. The number of nitrogens with zero attached hydrogens (tertiary/aromatic N) is 1. The van der Waals surface area contributed by atoms with Crippen molar-refractivity contribution in [2.75, 3.05) is 12.3 Å². The van der Waals surface area contributed by atoms with E-state index < -0.39 is 6.04 Å². The number of halogens is 2. The van der Waals surface area contributed by atoms with Crippen LogP contribution in [-0.4, -0.2) is 35.1 Å². The van der Waals surface area contributed by atoms with Gasteiger partial charge in [0.1, 0.15) is 6.04 Å². The predicted octanol–water partition coefficient (Wildman–Crippen LogP) is 4.95. The highest BCUT2D eigenvalue weighted by Gasteiger charge is 2.27. The van der Waals surface area contributed by atoms with Crippen LogP contribution in [0, 0.1) is 6.92 Å². The highest BCUT2D eigenvalue weighted by molar-refractivity contribution is 8.00. The standard InChI is InChI=1S/C21H24Cl2N2O2S/c1-4-24-21(27)15(3)25(12-17-18(22)6-5-7-19(17)23)20(26)13-28-16-10-8-14(2)9-11-16/h5-11,15H,4,12-13H2,1-3H3,(H,24,27). The first-order valence-electron chi connectivity index (χ1n) is 9.03. The lowest BCUT2D eigenvalue weighted by Crippen LogP contribution is -2.48. The first-order chi connectivity index (χ1) is 13.3. The van der Waals surface area contributed by atoms with E-state index >= 15 is 0 Å². The van der Waals surface area contributed by atoms with Crippen molar-refractivity contribution in [3.63, 3.8) is 0 Å². The van der Waals surface area contributed by atoms with Crippen LogP contribution in [0.4, 0.5) is 0 Å². The predicted molar refractivity (Wildman–Crippen MR) is 117 cm³/mol. The molecule has 2 rings (SSSR count). The fourth-order valence-electron chi connectivity index (χ4n) is 2.62. The lowest BCUT2D eigenvalue weighted by atomic mass is 10.1. The van der Waals surface area contributed by atoms with Gasteiger partial charge in [-0.2, -0.15) is 0 Å². The SMILES string of the molecule is CCNC(=O)C(C)N(Cc1c(Cl)cccc1Cl)C(=O)CSc1ccc(C)cc1. The van der Waals surface area contributed by atoms with E-state index in [1.54, 1.807) is 25.1 Å². The van der Waals surface area contributed by atoms with Crippen LogP contribution in [0.5, 0.6) is 0 Å². The third kappa shape index (κ3) is 6.16. The summed E-state index contributed by atoms with van der Waals surface area (Å²) in [5.41, 5.74) is 1.80. The Morgan fingerprint density at radius 2 is 1.71 bits per heavy atom. The van der Waals surface area contributed by atoms with E-state index in [9.17, 15) is 9.59 Å². The molecule has 0 fully saturated rings. The zero-order valence-corrected chi connectivity index (χ0v) is 18.5. The fraction of sp³-hybridized carbons (Fsp3) is 0.333. The quantitative estimate of drug-likeness (QED) is 0.593. The van der Waals surface area contributed by atoms with Gasteiger partial charge in [-0.3, -0.25) is 9.59 Å². The molecule has 150 valence electrons. The molecule has 0 spiro atoms. The van der Waals surface area contributed by atoms with E-state index in [0.717, 1.165) is 10.5 Å². The molecule has 0 aliphatic rings. The van der Waals surface area contributed by atoms with Crippen LogP contribution >= 0.6 is 35.0 Å². The van der Waals surface area contributed by atoms with E-state index in [1.807, 2.05) is 38.1 Å². The number of nitrogens with one attached hydrogen (secondary N) is 1. The van der Waals surface area contributed by atoms with Gasteiger partial charge < -0.3 is 10.2 Å². The topological polar surface area (TPSA) is 49.4 Å². The zero-order valence-electron chi connectivity index (χ0n) is 16.2. The third-order valence-electron chi connectivity index (χ3n) is 4.29. The smallest absolute Gasteiger partial charge is 0.242 e. The number of hydrogen-bond donors (Lipinski definition) is 1. The Hall–Kier alpha value is -1.69. The van der Waals surface area contributed by atoms with E-state index in [-0.39, 0.29) is 24.1 Å². The van der Waals surface area contributed by atoms with Gasteiger partial charge >= 0.3 is 0 Å². The third-order valence-corrected chi connectivity index (χ3v) is 6.00. The van der Waals surface area contributed by atoms with E-state index in [2.05, 4.69) is 5.32 Å². The Labute approximate surface area is 180 Å². The van der Waals surface area contributed by atoms with Crippen molar-refractivity contribution in [2.45, 2.75) is 38.3 Å². The maximum Gasteiger partial charge on any atom is 0.242 e. The molecular weight excluding hydrogens is 415 g/mol. The summed E-state index contributed by atoms with van der Waals surface area (Å²) in [6.45, 7) is 6.24. The van der Waals surface area contributed by atoms with Gasteiger partial charge in [0.05, 0.1) is 5.75 Å². The molecule has 0 saturated heterocycles. The summed E-state index contributed by atoms with van der Waals surface area (Å²) < 4.78 is 0. The molecule has 0 radical (unpaired) electrons. The molecule has 7 heteroatoms. The molecule has 0 saturated carbocycles. The van der Waals surface area contributed by atoms with E-state index in [4.69, 9.17) is 23.2 Å². The summed E-state index contributed by atoms with van der Waals surface area (Å²) in [4.78, 5) is 27.9. The summed E-state index contributed by atoms with van der Waals surface area (Å²) >= 11 is 14.0. The number of aryl methyl sites for hydroxylation is 1. The van der Waals surface area contributed by atoms with E-state index in [1.165, 1.54) is 16.7 Å². The number of likely N-dealkylation sites (N-methyl/N-ethyl adjacent to an activating group) is 1. The molecule has 0 bridgehead atoms. The number of benzene rings is 2. The molecule has 0 aromatic heterocycles. The highest BCUT2D eigenvalue weighted by Crippen LogP contribution is 2.27. The van der Waals surface area contributed by atoms with Crippen molar-refractivity contribution < 1.29 is 9.59 Å². The first-order valence-corrected chi connectivity index (χ1v) is 10.8. The van der Waals surface area contributed by atoms with Crippen LogP contribution in [0.25, 0.3) is 0 Å². The lowest BCUT2D eigenvalue weighted by Gasteiger charge is -2.29. The zero-order chi connectivity index (χ0) is 20.7. The molecule has 2 amide bonds. The molecule has 1 atom stereocenters. The molecule has 0 aliphatic carbocycles. The Kier molecular flexibility index (Phi) is 8.67. The summed E-state index contributed by atoms with van der Waals surface area (Å²) in [7, 11) is 0. The second-order valence-corrected chi connectivity index (χ2v) is 8.26. The maximum atomic E-state index is 13.0. The van der Waals surface area contributed by atoms with Gasteiger partial charge in [-0.1, -0.05) is 47.0 Å². The number of thioether (sulfide) groups is 1. The molecule has 2 aromatic carbocycles. The minimum atomic E-state index is -0.640. The molecule has 28 heavy (non-hydrogen) atoms. The van der Waals surface area contributed by atoms with Gasteiger partial charge in [-0.25, -0.2) is 0 Å². The summed E-state index contributed by atoms with van der Waals surface area (Å²) in [6.07, 6.45) is 0. The van der Waals surface area contributed by atoms with E-state index in [0.29, 0.717) is 22.2 Å². The van der Waals surface area contributed by atoms with Gasteiger partial charge in [0.25, 0.3) is 0 Å². The number of hydrogen-bond acceptors (Lipinski definition) is 3. The minimum Gasteiger partial charge on any atom is -0.355 e. The van der Waals surface area contributed by atoms with Crippen LogP contribution in [0.1, 0.15) is 25.0 Å². The van der Waals surface area contributed by atoms with Crippen molar-refractivity contribution in [3.8, 4) is 0 Å². The molecule has 2 aromatic rings. The normalized spacial score (nSPS) is 11.8. The second kappa shape index (κ2) is 10.7. The van der Waals surface area contributed by atoms with Crippen molar-refractivity contribution >= 4 is 46.8 Å². The van der Waals surface area contributed by atoms with Crippen LogP contribution in [-0.2, 0) is 16.1 Å². The number of carbonyl (C=O) groups is 2. The Morgan fingerprint density at radius 3 is 2.29 bits per heavy atom. The van der Waals surface area contributed by atoms with Crippen LogP contribution < -0.4 is 5.32 Å².